The number of aliphatic carboxylic acids is 1. The van der Waals surface area contributed by atoms with Gasteiger partial charge in [-0.3, -0.25) is 4.79 Å². The van der Waals surface area contributed by atoms with Crippen LogP contribution in [0.5, 0.6) is 11.5 Å². The van der Waals surface area contributed by atoms with Gasteiger partial charge in [0.15, 0.2) is 0 Å². The Kier molecular flexibility index (Phi) is 3.83. The highest BCUT2D eigenvalue weighted by Crippen LogP contribution is 2.40. The fraction of sp³-hybridized carbons (Fsp3) is 0.500. The smallest absolute Gasteiger partial charge is 0.306 e. The first kappa shape index (κ1) is 13.5. The van der Waals surface area contributed by atoms with Crippen molar-refractivity contribution in [2.45, 2.75) is 13.3 Å². The molecule has 0 saturated heterocycles. The van der Waals surface area contributed by atoms with Gasteiger partial charge < -0.3 is 19.9 Å². The van der Waals surface area contributed by atoms with Crippen molar-refractivity contribution in [3.05, 3.63) is 17.7 Å². The van der Waals surface area contributed by atoms with E-state index in [1.807, 2.05) is 19.1 Å². The maximum Gasteiger partial charge on any atom is 0.306 e. The Balaban J connectivity index is 2.05. The summed E-state index contributed by atoms with van der Waals surface area (Å²) in [5.41, 5.74) is 1.80. The van der Waals surface area contributed by atoms with Crippen molar-refractivity contribution in [2.75, 3.05) is 26.1 Å². The zero-order valence-corrected chi connectivity index (χ0v) is 11.4. The van der Waals surface area contributed by atoms with Crippen LogP contribution in [0.1, 0.15) is 12.0 Å². The van der Waals surface area contributed by atoms with Gasteiger partial charge in [0.05, 0.1) is 25.8 Å². The van der Waals surface area contributed by atoms with E-state index in [4.69, 9.17) is 14.6 Å². The van der Waals surface area contributed by atoms with Gasteiger partial charge in [0.1, 0.15) is 11.5 Å². The van der Waals surface area contributed by atoms with E-state index in [-0.39, 0.29) is 11.8 Å². The first-order chi connectivity index (χ1) is 9.08. The molecule has 1 aromatic carbocycles. The van der Waals surface area contributed by atoms with Gasteiger partial charge >= 0.3 is 5.97 Å². The van der Waals surface area contributed by atoms with Gasteiger partial charge in [0.2, 0.25) is 0 Å². The van der Waals surface area contributed by atoms with Gasteiger partial charge in [-0.25, -0.2) is 0 Å². The van der Waals surface area contributed by atoms with E-state index in [2.05, 4.69) is 5.32 Å². The van der Waals surface area contributed by atoms with Crippen LogP contribution in [0.4, 0.5) is 5.69 Å². The summed E-state index contributed by atoms with van der Waals surface area (Å²) in [6.07, 6.45) is 0.750. The van der Waals surface area contributed by atoms with Crippen LogP contribution in [-0.4, -0.2) is 31.8 Å². The van der Waals surface area contributed by atoms with E-state index in [9.17, 15) is 4.79 Å². The van der Waals surface area contributed by atoms with Crippen molar-refractivity contribution in [1.29, 1.82) is 0 Å². The molecule has 2 N–H and O–H groups in total. The largest absolute Gasteiger partial charge is 0.496 e. The molecule has 1 fully saturated rings. The number of ether oxygens (including phenoxy) is 2. The summed E-state index contributed by atoms with van der Waals surface area (Å²) < 4.78 is 10.6. The van der Waals surface area contributed by atoms with Crippen LogP contribution in [-0.2, 0) is 4.79 Å². The Hall–Kier alpha value is -1.91. The summed E-state index contributed by atoms with van der Waals surface area (Å²) >= 11 is 0. The third-order valence-corrected chi connectivity index (χ3v) is 3.57. The zero-order chi connectivity index (χ0) is 14.0. The summed E-state index contributed by atoms with van der Waals surface area (Å²) in [4.78, 5) is 10.8. The summed E-state index contributed by atoms with van der Waals surface area (Å²) in [6.45, 7) is 2.58. The third kappa shape index (κ3) is 2.75. The van der Waals surface area contributed by atoms with E-state index < -0.39 is 5.97 Å². The van der Waals surface area contributed by atoms with Crippen molar-refractivity contribution < 1.29 is 19.4 Å². The normalized spacial score (nSPS) is 20.8. The SMILES string of the molecule is COc1ccc(NCC2CC2C(=O)O)c(OC)c1C. The van der Waals surface area contributed by atoms with Crippen molar-refractivity contribution in [2.24, 2.45) is 11.8 Å². The Bertz CT molecular complexity index is 487. The fourth-order valence-electron chi connectivity index (χ4n) is 2.31. The van der Waals surface area contributed by atoms with Crippen LogP contribution >= 0.6 is 0 Å². The summed E-state index contributed by atoms with van der Waals surface area (Å²) in [6, 6.07) is 3.77. The Morgan fingerprint density at radius 1 is 1.42 bits per heavy atom. The molecule has 1 saturated carbocycles. The number of anilines is 1. The second kappa shape index (κ2) is 5.38. The van der Waals surface area contributed by atoms with Crippen LogP contribution in [0.3, 0.4) is 0 Å². The second-order valence-corrected chi connectivity index (χ2v) is 4.80. The van der Waals surface area contributed by atoms with Gasteiger partial charge in [-0.2, -0.15) is 0 Å². The molecule has 0 heterocycles. The molecule has 5 nitrogen and oxygen atoms in total. The zero-order valence-electron chi connectivity index (χ0n) is 11.4. The van der Waals surface area contributed by atoms with Gasteiger partial charge in [0.25, 0.3) is 0 Å². The number of benzene rings is 1. The summed E-state index contributed by atoms with van der Waals surface area (Å²) in [5, 5.41) is 12.1. The number of hydrogen-bond donors (Lipinski definition) is 2. The molecular formula is C14H19NO4. The number of hydrogen-bond acceptors (Lipinski definition) is 4. The number of carboxylic acid groups (broad SMARTS) is 1. The van der Waals surface area contributed by atoms with Crippen molar-refractivity contribution >= 4 is 11.7 Å². The predicted octanol–water partition coefficient (Wildman–Crippen LogP) is 2.14. The van der Waals surface area contributed by atoms with E-state index in [1.54, 1.807) is 14.2 Å². The number of carbonyl (C=O) groups is 1. The first-order valence-corrected chi connectivity index (χ1v) is 6.26. The van der Waals surface area contributed by atoms with Crippen LogP contribution < -0.4 is 14.8 Å². The highest BCUT2D eigenvalue weighted by Gasteiger charge is 2.42. The third-order valence-electron chi connectivity index (χ3n) is 3.57. The van der Waals surface area contributed by atoms with Crippen molar-refractivity contribution in [3.63, 3.8) is 0 Å². The number of rotatable bonds is 6. The number of methoxy groups -OCH3 is 2. The molecule has 0 bridgehead atoms. The molecule has 0 aromatic heterocycles. The Morgan fingerprint density at radius 3 is 2.68 bits per heavy atom. The maximum absolute atomic E-state index is 10.8. The molecule has 0 radical (unpaired) electrons. The highest BCUT2D eigenvalue weighted by atomic mass is 16.5. The molecule has 0 amide bonds. The lowest BCUT2D eigenvalue weighted by Gasteiger charge is -2.15. The van der Waals surface area contributed by atoms with Gasteiger partial charge in [-0.05, 0) is 31.4 Å². The minimum Gasteiger partial charge on any atom is -0.496 e. The molecule has 2 rings (SSSR count). The lowest BCUT2D eigenvalue weighted by molar-refractivity contribution is -0.138. The van der Waals surface area contributed by atoms with E-state index in [0.29, 0.717) is 6.54 Å². The molecule has 2 unspecified atom stereocenters. The first-order valence-electron chi connectivity index (χ1n) is 6.26. The molecule has 1 aromatic rings. The average molecular weight is 265 g/mol. The summed E-state index contributed by atoms with van der Waals surface area (Å²) in [7, 11) is 3.24. The Morgan fingerprint density at radius 2 is 2.16 bits per heavy atom. The molecule has 19 heavy (non-hydrogen) atoms. The molecule has 1 aliphatic carbocycles. The molecule has 0 spiro atoms. The van der Waals surface area contributed by atoms with Crippen LogP contribution in [0.2, 0.25) is 0 Å². The van der Waals surface area contributed by atoms with Gasteiger partial charge in [-0.15, -0.1) is 0 Å². The van der Waals surface area contributed by atoms with E-state index in [0.717, 1.165) is 29.2 Å². The van der Waals surface area contributed by atoms with Gasteiger partial charge in [-0.1, -0.05) is 0 Å². The van der Waals surface area contributed by atoms with Crippen molar-refractivity contribution in [3.8, 4) is 11.5 Å². The Labute approximate surface area is 112 Å². The van der Waals surface area contributed by atoms with Crippen LogP contribution in [0.15, 0.2) is 12.1 Å². The van der Waals surface area contributed by atoms with E-state index in [1.165, 1.54) is 0 Å². The standard InChI is InChI=1S/C14H19NO4/c1-8-12(18-2)5-4-11(13(8)19-3)15-7-9-6-10(9)14(16)17/h4-5,9-10,15H,6-7H2,1-3H3,(H,16,17). The van der Waals surface area contributed by atoms with Crippen LogP contribution in [0.25, 0.3) is 0 Å². The highest BCUT2D eigenvalue weighted by molar-refractivity contribution is 5.73. The maximum atomic E-state index is 10.8. The molecular weight excluding hydrogens is 246 g/mol. The fourth-order valence-corrected chi connectivity index (χ4v) is 2.31. The second-order valence-electron chi connectivity index (χ2n) is 4.80. The minimum atomic E-state index is -0.704. The topological polar surface area (TPSA) is 67.8 Å². The lowest BCUT2D eigenvalue weighted by atomic mass is 10.1. The number of carboxylic acids is 1. The van der Waals surface area contributed by atoms with Gasteiger partial charge in [0, 0.05) is 12.1 Å². The number of nitrogens with one attached hydrogen (secondary N) is 1. The lowest BCUT2D eigenvalue weighted by Crippen LogP contribution is -2.09. The molecule has 5 heteroatoms. The predicted molar refractivity (Wildman–Crippen MR) is 72.0 cm³/mol. The average Bonchev–Trinajstić information content (AvgIpc) is 3.16. The minimum absolute atomic E-state index is 0.196. The molecule has 104 valence electrons. The van der Waals surface area contributed by atoms with Crippen LogP contribution in [0, 0.1) is 18.8 Å². The quantitative estimate of drug-likeness (QED) is 0.825. The van der Waals surface area contributed by atoms with E-state index >= 15 is 0 Å². The van der Waals surface area contributed by atoms with Crippen molar-refractivity contribution in [1.82, 2.24) is 0 Å². The summed E-state index contributed by atoms with van der Waals surface area (Å²) in [5.74, 6) is 0.830. The monoisotopic (exact) mass is 265 g/mol. The molecule has 0 aliphatic heterocycles. The molecule has 2 atom stereocenters. The molecule has 1 aliphatic rings.